The lowest BCUT2D eigenvalue weighted by molar-refractivity contribution is 0.118. The zero-order valence-corrected chi connectivity index (χ0v) is 24.0. The molecule has 0 unspecified atom stereocenters. The molecule has 2 aromatic rings. The van der Waals surface area contributed by atoms with E-state index < -0.39 is 20.0 Å². The minimum absolute atomic E-state index is 0.163. The van der Waals surface area contributed by atoms with Crippen LogP contribution in [0.4, 0.5) is 0 Å². The van der Waals surface area contributed by atoms with Gasteiger partial charge in [0.25, 0.3) is 0 Å². The van der Waals surface area contributed by atoms with Crippen LogP contribution in [0.25, 0.3) is 11.1 Å². The monoisotopic (exact) mass is 560 g/mol. The quantitative estimate of drug-likeness (QED) is 0.517. The number of piperidine rings is 2. The summed E-state index contributed by atoms with van der Waals surface area (Å²) in [4.78, 5) is 5.10. The second-order valence-corrected chi connectivity index (χ2v) is 14.4. The van der Waals surface area contributed by atoms with Crippen LogP contribution in [0.5, 0.6) is 0 Å². The number of hydrogen-bond acceptors (Lipinski definition) is 6. The minimum Gasteiger partial charge on any atom is -0.301 e. The van der Waals surface area contributed by atoms with Gasteiger partial charge in [-0.25, -0.2) is 16.8 Å². The molecule has 3 saturated heterocycles. The first-order chi connectivity index (χ1) is 18.3. The van der Waals surface area contributed by atoms with Crippen molar-refractivity contribution in [3.8, 4) is 11.1 Å². The normalized spacial score (nSPS) is 22.0. The van der Waals surface area contributed by atoms with Gasteiger partial charge >= 0.3 is 0 Å². The van der Waals surface area contributed by atoms with Crippen molar-refractivity contribution < 1.29 is 16.8 Å². The summed E-state index contributed by atoms with van der Waals surface area (Å²) in [6.07, 6.45) is 5.39. The average Bonchev–Trinajstić information content (AvgIpc) is 2.97. The molecule has 0 saturated carbocycles. The Balaban J connectivity index is 1.42. The fourth-order valence-electron chi connectivity index (χ4n) is 6.12. The summed E-state index contributed by atoms with van der Waals surface area (Å²) in [6, 6.07) is 14.1. The van der Waals surface area contributed by atoms with Crippen LogP contribution >= 0.6 is 0 Å². The van der Waals surface area contributed by atoms with E-state index in [0.717, 1.165) is 32.5 Å². The second kappa shape index (κ2) is 11.7. The van der Waals surface area contributed by atoms with Crippen LogP contribution in [0.1, 0.15) is 39.0 Å². The Morgan fingerprint density at radius 1 is 0.632 bits per heavy atom. The third-order valence-electron chi connectivity index (χ3n) is 8.41. The molecular formula is C28H40N4O4S2. The van der Waals surface area contributed by atoms with E-state index in [-0.39, 0.29) is 9.79 Å². The van der Waals surface area contributed by atoms with Gasteiger partial charge in [0.1, 0.15) is 0 Å². The SMILES string of the molecule is CCN1CCN(S(=O)(=O)c2ccccc2-c2ccccc2S(=O)(=O)N2CCC(N3CCCCC3)CC2)CC1. The first-order valence-electron chi connectivity index (χ1n) is 14.0. The number of likely N-dealkylation sites (N-methyl/N-ethyl adjacent to an activating group) is 1. The lowest BCUT2D eigenvalue weighted by Gasteiger charge is -2.39. The highest BCUT2D eigenvalue weighted by molar-refractivity contribution is 7.89. The summed E-state index contributed by atoms with van der Waals surface area (Å²) in [5, 5.41) is 0. The molecule has 0 amide bonds. The molecule has 5 rings (SSSR count). The van der Waals surface area contributed by atoms with Gasteiger partial charge in [0.05, 0.1) is 9.79 Å². The molecule has 10 heteroatoms. The molecule has 8 nitrogen and oxygen atoms in total. The molecule has 3 aliphatic rings. The van der Waals surface area contributed by atoms with Crippen molar-refractivity contribution in [1.29, 1.82) is 0 Å². The number of benzene rings is 2. The lowest BCUT2D eigenvalue weighted by atomic mass is 10.0. The second-order valence-electron chi connectivity index (χ2n) is 10.6. The average molecular weight is 561 g/mol. The van der Waals surface area contributed by atoms with Gasteiger partial charge in [-0.1, -0.05) is 49.7 Å². The van der Waals surface area contributed by atoms with Gasteiger partial charge in [-0.15, -0.1) is 0 Å². The molecule has 0 N–H and O–H groups in total. The molecular weight excluding hydrogens is 520 g/mol. The third-order valence-corrected chi connectivity index (χ3v) is 12.3. The van der Waals surface area contributed by atoms with Gasteiger partial charge in [-0.3, -0.25) is 0 Å². The summed E-state index contributed by atoms with van der Waals surface area (Å²) >= 11 is 0. The lowest BCUT2D eigenvalue weighted by Crippen LogP contribution is -2.48. The van der Waals surface area contributed by atoms with E-state index in [0.29, 0.717) is 56.4 Å². The summed E-state index contributed by atoms with van der Waals surface area (Å²) in [7, 11) is -7.58. The summed E-state index contributed by atoms with van der Waals surface area (Å²) in [5.41, 5.74) is 0.879. The van der Waals surface area contributed by atoms with Gasteiger partial charge in [0, 0.05) is 56.4 Å². The molecule has 0 spiro atoms. The Kier molecular flexibility index (Phi) is 8.57. The highest BCUT2D eigenvalue weighted by atomic mass is 32.2. The number of likely N-dealkylation sites (tertiary alicyclic amines) is 1. The van der Waals surface area contributed by atoms with Crippen molar-refractivity contribution in [3.63, 3.8) is 0 Å². The Bertz CT molecular complexity index is 1310. The largest absolute Gasteiger partial charge is 0.301 e. The molecule has 0 aromatic heterocycles. The Morgan fingerprint density at radius 3 is 1.61 bits per heavy atom. The van der Waals surface area contributed by atoms with Crippen LogP contribution in [0, 0.1) is 0 Å². The topological polar surface area (TPSA) is 81.2 Å². The highest BCUT2D eigenvalue weighted by Crippen LogP contribution is 2.36. The smallest absolute Gasteiger partial charge is 0.243 e. The van der Waals surface area contributed by atoms with E-state index in [1.807, 2.05) is 0 Å². The minimum atomic E-state index is -3.79. The summed E-state index contributed by atoms with van der Waals surface area (Å²) < 4.78 is 58.5. The number of piperazine rings is 1. The maximum Gasteiger partial charge on any atom is 0.243 e. The van der Waals surface area contributed by atoms with Gasteiger partial charge in [-0.2, -0.15) is 8.61 Å². The number of nitrogens with zero attached hydrogens (tertiary/aromatic N) is 4. The maximum absolute atomic E-state index is 13.9. The number of hydrogen-bond donors (Lipinski definition) is 0. The van der Waals surface area contributed by atoms with Crippen LogP contribution in [0.15, 0.2) is 58.3 Å². The fraction of sp³-hybridized carbons (Fsp3) is 0.571. The summed E-state index contributed by atoms with van der Waals surface area (Å²) in [5.74, 6) is 0. The van der Waals surface area contributed by atoms with E-state index in [4.69, 9.17) is 0 Å². The Morgan fingerprint density at radius 2 is 1.11 bits per heavy atom. The third kappa shape index (κ3) is 5.57. The molecule has 0 aliphatic carbocycles. The molecule has 3 fully saturated rings. The summed E-state index contributed by atoms with van der Waals surface area (Å²) in [6.45, 7) is 8.40. The van der Waals surface area contributed by atoms with Crippen molar-refractivity contribution in [2.24, 2.45) is 0 Å². The van der Waals surface area contributed by atoms with Crippen molar-refractivity contribution in [3.05, 3.63) is 48.5 Å². The molecule has 38 heavy (non-hydrogen) atoms. The van der Waals surface area contributed by atoms with Gasteiger partial charge in [0.2, 0.25) is 20.0 Å². The van der Waals surface area contributed by atoms with E-state index in [1.165, 1.54) is 23.6 Å². The highest BCUT2D eigenvalue weighted by Gasteiger charge is 2.35. The number of rotatable bonds is 7. The first-order valence-corrected chi connectivity index (χ1v) is 16.9. The van der Waals surface area contributed by atoms with Crippen molar-refractivity contribution in [2.75, 3.05) is 58.9 Å². The van der Waals surface area contributed by atoms with Gasteiger partial charge in [0.15, 0.2) is 0 Å². The molecule has 3 heterocycles. The van der Waals surface area contributed by atoms with Crippen molar-refractivity contribution in [1.82, 2.24) is 18.4 Å². The van der Waals surface area contributed by atoms with Crippen molar-refractivity contribution >= 4 is 20.0 Å². The van der Waals surface area contributed by atoms with Gasteiger partial charge < -0.3 is 9.80 Å². The van der Waals surface area contributed by atoms with Gasteiger partial charge in [-0.05, 0) is 57.5 Å². The van der Waals surface area contributed by atoms with Crippen LogP contribution in [0.3, 0.4) is 0 Å². The predicted molar refractivity (Wildman–Crippen MR) is 150 cm³/mol. The van der Waals surface area contributed by atoms with Crippen LogP contribution < -0.4 is 0 Å². The zero-order valence-electron chi connectivity index (χ0n) is 22.3. The van der Waals surface area contributed by atoms with Crippen LogP contribution in [-0.2, 0) is 20.0 Å². The Labute approximate surface area is 228 Å². The molecule has 0 radical (unpaired) electrons. The zero-order chi connectivity index (χ0) is 26.8. The predicted octanol–water partition coefficient (Wildman–Crippen LogP) is 3.32. The number of sulfonamides is 2. The molecule has 3 aliphatic heterocycles. The fourth-order valence-corrected chi connectivity index (χ4v) is 9.43. The van der Waals surface area contributed by atoms with Crippen LogP contribution in [0.2, 0.25) is 0 Å². The molecule has 208 valence electrons. The van der Waals surface area contributed by atoms with E-state index in [9.17, 15) is 16.8 Å². The van der Waals surface area contributed by atoms with E-state index in [2.05, 4.69) is 16.7 Å². The Hall–Kier alpha value is -1.82. The van der Waals surface area contributed by atoms with E-state index in [1.54, 1.807) is 52.8 Å². The molecule has 0 bridgehead atoms. The standard InChI is InChI=1S/C28H40N4O4S2/c1-2-29-20-22-32(23-21-29)38(35,36)28-13-7-5-11-26(28)25-10-4-6-12-27(25)37(33,34)31-18-14-24(15-19-31)30-16-8-3-9-17-30/h4-7,10-13,24H,2-3,8-9,14-23H2,1H3. The van der Waals surface area contributed by atoms with Crippen molar-refractivity contribution in [2.45, 2.75) is 54.9 Å². The molecule has 0 atom stereocenters. The first kappa shape index (κ1) is 27.7. The van der Waals surface area contributed by atoms with Crippen LogP contribution in [-0.4, -0.2) is 100 Å². The molecule has 2 aromatic carbocycles. The van der Waals surface area contributed by atoms with E-state index >= 15 is 0 Å². The maximum atomic E-state index is 13.9.